The quantitative estimate of drug-likeness (QED) is 0.219. The molecule has 2 aromatic heterocycles. The summed E-state index contributed by atoms with van der Waals surface area (Å²) in [6.45, 7) is 5.59. The second-order valence-corrected chi connectivity index (χ2v) is 14.4. The summed E-state index contributed by atoms with van der Waals surface area (Å²) in [6, 6.07) is 5.11. The van der Waals surface area contributed by atoms with Gasteiger partial charge in [0.05, 0.1) is 6.04 Å². The van der Waals surface area contributed by atoms with E-state index in [4.69, 9.17) is 4.52 Å². The average Bonchev–Trinajstić information content (AvgIpc) is 3.79. The third-order valence-corrected chi connectivity index (χ3v) is 10.2. The molecule has 1 aliphatic heterocycles. The highest BCUT2D eigenvalue weighted by Crippen LogP contribution is 2.22. The lowest BCUT2D eigenvalue weighted by molar-refractivity contribution is -0.131. The number of halogens is 1. The van der Waals surface area contributed by atoms with Crippen molar-refractivity contribution >= 4 is 44.7 Å². The lowest BCUT2D eigenvalue weighted by Crippen LogP contribution is -2.47. The second-order valence-electron chi connectivity index (χ2n) is 11.5. The van der Waals surface area contributed by atoms with Crippen LogP contribution in [0.2, 0.25) is 0 Å². The van der Waals surface area contributed by atoms with Crippen LogP contribution in [0.15, 0.2) is 62.3 Å². The summed E-state index contributed by atoms with van der Waals surface area (Å²) in [5.74, 6) is -3.62. The van der Waals surface area contributed by atoms with Crippen molar-refractivity contribution < 1.29 is 36.5 Å². The van der Waals surface area contributed by atoms with Crippen LogP contribution in [0.3, 0.4) is 0 Å². The Kier molecular flexibility index (Phi) is 11.6. The number of ketones is 1. The number of benzene rings is 1. The van der Waals surface area contributed by atoms with E-state index in [0.717, 1.165) is 16.7 Å². The number of amides is 3. The molecule has 0 radical (unpaired) electrons. The Morgan fingerprint density at radius 1 is 1.20 bits per heavy atom. The molecule has 0 unspecified atom stereocenters. The predicted octanol–water partition coefficient (Wildman–Crippen LogP) is 3.15. The van der Waals surface area contributed by atoms with Gasteiger partial charge in [-0.05, 0) is 49.8 Å². The fraction of sp³-hybridized carbons (Fsp3) is 0.419. The topological polar surface area (TPSA) is 177 Å². The van der Waals surface area contributed by atoms with E-state index in [-0.39, 0.29) is 41.1 Å². The molecule has 0 spiro atoms. The van der Waals surface area contributed by atoms with Gasteiger partial charge >= 0.3 is 0 Å². The van der Waals surface area contributed by atoms with Crippen LogP contribution in [0.1, 0.15) is 54.9 Å². The van der Waals surface area contributed by atoms with Gasteiger partial charge in [0.2, 0.25) is 26.0 Å². The molecule has 1 aromatic carbocycles. The van der Waals surface area contributed by atoms with E-state index in [1.165, 1.54) is 48.0 Å². The molecule has 0 aliphatic carbocycles. The van der Waals surface area contributed by atoms with Crippen molar-refractivity contribution in [3.05, 3.63) is 76.2 Å². The van der Waals surface area contributed by atoms with Crippen LogP contribution in [-0.4, -0.2) is 60.7 Å². The largest absolute Gasteiger partial charge is 0.361 e. The lowest BCUT2D eigenvalue weighted by atomic mass is 9.88. The number of thiazole rings is 1. The molecule has 12 nitrogen and oxygen atoms in total. The summed E-state index contributed by atoms with van der Waals surface area (Å²) in [6.07, 6.45) is 3.08. The first-order chi connectivity index (χ1) is 21.8. The number of nitrogens with zero attached hydrogens (tertiary/aromatic N) is 2. The van der Waals surface area contributed by atoms with Gasteiger partial charge in [0, 0.05) is 53.9 Å². The Hall–Kier alpha value is -4.24. The minimum Gasteiger partial charge on any atom is -0.361 e. The molecular formula is C31H36FN5O7S2. The number of sulfone groups is 1. The predicted molar refractivity (Wildman–Crippen MR) is 167 cm³/mol. The molecule has 46 heavy (non-hydrogen) atoms. The first-order valence-electron chi connectivity index (χ1n) is 14.7. The van der Waals surface area contributed by atoms with Gasteiger partial charge in [0.1, 0.15) is 11.6 Å². The standard InChI is InChI=1S/C31H36FN5O7S2/c1-18(2)27(36-30(41)25-14-19(3)44-37-25)26(38)17-22(15-20-4-6-23(32)7-5-20)29(40)35-24(16-21-8-10-33-28(21)39)9-13-46(42,43)31-34-11-12-45-31/h4-7,9,11-14,18,21-22,24,27H,8,10,15-17H2,1-3H3,(H,33,39)(H,35,40)(H,36,41)/b13-9+/t21-,22+,24+,27-/m0/s1. The number of aromatic nitrogens is 2. The van der Waals surface area contributed by atoms with Gasteiger partial charge in [0.15, 0.2) is 11.5 Å². The molecule has 3 amide bonds. The summed E-state index contributed by atoms with van der Waals surface area (Å²) in [5, 5.41) is 14.4. The van der Waals surface area contributed by atoms with Crippen LogP contribution in [0.25, 0.3) is 0 Å². The lowest BCUT2D eigenvalue weighted by Gasteiger charge is -2.25. The number of hydrogen-bond donors (Lipinski definition) is 3. The fourth-order valence-corrected chi connectivity index (χ4v) is 7.06. The zero-order chi connectivity index (χ0) is 33.4. The highest BCUT2D eigenvalue weighted by molar-refractivity contribution is 7.96. The van der Waals surface area contributed by atoms with E-state index in [0.29, 0.717) is 24.3 Å². The molecule has 1 aliphatic rings. The summed E-state index contributed by atoms with van der Waals surface area (Å²) < 4.78 is 44.1. The maximum Gasteiger partial charge on any atom is 0.274 e. The van der Waals surface area contributed by atoms with Crippen LogP contribution in [0.5, 0.6) is 0 Å². The third-order valence-electron chi connectivity index (χ3n) is 7.55. The van der Waals surface area contributed by atoms with Crippen molar-refractivity contribution in [2.75, 3.05) is 6.54 Å². The van der Waals surface area contributed by atoms with Crippen molar-refractivity contribution in [3.8, 4) is 0 Å². The Bertz CT molecular complexity index is 1670. The maximum absolute atomic E-state index is 13.9. The molecule has 15 heteroatoms. The molecule has 0 saturated carbocycles. The van der Waals surface area contributed by atoms with Gasteiger partial charge in [-0.15, -0.1) is 11.3 Å². The zero-order valence-electron chi connectivity index (χ0n) is 25.6. The van der Waals surface area contributed by atoms with Crippen LogP contribution in [0, 0.1) is 30.5 Å². The molecular weight excluding hydrogens is 638 g/mol. The Morgan fingerprint density at radius 3 is 2.52 bits per heavy atom. The van der Waals surface area contributed by atoms with E-state index in [9.17, 15) is 32.0 Å². The van der Waals surface area contributed by atoms with E-state index in [1.807, 2.05) is 0 Å². The zero-order valence-corrected chi connectivity index (χ0v) is 27.2. The second kappa shape index (κ2) is 15.4. The maximum atomic E-state index is 13.9. The normalized spacial score (nSPS) is 17.1. The smallest absolute Gasteiger partial charge is 0.274 e. The molecule has 3 heterocycles. The molecule has 1 fully saturated rings. The van der Waals surface area contributed by atoms with E-state index in [1.54, 1.807) is 20.8 Å². The van der Waals surface area contributed by atoms with Crippen LogP contribution >= 0.6 is 11.3 Å². The van der Waals surface area contributed by atoms with Gasteiger partial charge < -0.3 is 20.5 Å². The molecule has 4 rings (SSSR count). The minimum atomic E-state index is -3.91. The van der Waals surface area contributed by atoms with Crippen LogP contribution in [0.4, 0.5) is 4.39 Å². The first kappa shape index (κ1) is 34.6. The van der Waals surface area contributed by atoms with Gasteiger partial charge in [-0.25, -0.2) is 17.8 Å². The molecule has 0 bridgehead atoms. The molecule has 4 atom stereocenters. The number of carbonyl (C=O) groups is 4. The number of rotatable bonds is 15. The van der Waals surface area contributed by atoms with Crippen LogP contribution < -0.4 is 16.0 Å². The van der Waals surface area contributed by atoms with E-state index in [2.05, 4.69) is 26.1 Å². The fourth-order valence-electron chi connectivity index (χ4n) is 5.11. The van der Waals surface area contributed by atoms with Gasteiger partial charge in [-0.2, -0.15) is 0 Å². The number of nitrogens with one attached hydrogen (secondary N) is 3. The number of Topliss-reactive ketones (excluding diaryl/α,β-unsaturated/α-hetero) is 1. The summed E-state index contributed by atoms with van der Waals surface area (Å²) in [5.41, 5.74) is 0.598. The summed E-state index contributed by atoms with van der Waals surface area (Å²) in [4.78, 5) is 56.5. The monoisotopic (exact) mass is 673 g/mol. The first-order valence-corrected chi connectivity index (χ1v) is 17.2. The molecule has 3 aromatic rings. The Morgan fingerprint density at radius 2 is 1.93 bits per heavy atom. The Labute approximate surface area is 270 Å². The van der Waals surface area contributed by atoms with Crippen molar-refractivity contribution in [2.24, 2.45) is 17.8 Å². The van der Waals surface area contributed by atoms with Crippen LogP contribution in [-0.2, 0) is 30.6 Å². The SMILES string of the molecule is Cc1cc(C(=O)N[C@H](C(=O)C[C@@H](Cc2ccc(F)cc2)C(=O)N[C@H](/C=C/S(=O)(=O)c2nccs2)C[C@@H]2CCNC2=O)C(C)C)no1. The number of aryl methyl sites for hydroxylation is 1. The number of hydrogen-bond acceptors (Lipinski definition) is 10. The van der Waals surface area contributed by atoms with Gasteiger partial charge in [0.25, 0.3) is 5.91 Å². The Balaban J connectivity index is 1.57. The third kappa shape index (κ3) is 9.39. The average molecular weight is 674 g/mol. The summed E-state index contributed by atoms with van der Waals surface area (Å²) >= 11 is 0.946. The van der Waals surface area contributed by atoms with E-state index < -0.39 is 57.2 Å². The highest BCUT2D eigenvalue weighted by atomic mass is 32.2. The van der Waals surface area contributed by atoms with Crippen molar-refractivity contribution in [3.63, 3.8) is 0 Å². The van der Waals surface area contributed by atoms with Gasteiger partial charge in [-0.3, -0.25) is 19.2 Å². The molecule has 246 valence electrons. The van der Waals surface area contributed by atoms with Crippen molar-refractivity contribution in [2.45, 2.75) is 62.9 Å². The molecule has 1 saturated heterocycles. The minimum absolute atomic E-state index is 0.00911. The van der Waals surface area contributed by atoms with Crippen molar-refractivity contribution in [1.29, 1.82) is 0 Å². The van der Waals surface area contributed by atoms with Crippen molar-refractivity contribution in [1.82, 2.24) is 26.1 Å². The number of carbonyl (C=O) groups excluding carboxylic acids is 4. The molecule has 3 N–H and O–H groups in total. The van der Waals surface area contributed by atoms with E-state index >= 15 is 0 Å². The highest BCUT2D eigenvalue weighted by Gasteiger charge is 2.33. The van der Waals surface area contributed by atoms with Gasteiger partial charge in [-0.1, -0.05) is 37.2 Å². The summed E-state index contributed by atoms with van der Waals surface area (Å²) in [7, 11) is -3.91.